The molecule has 1 saturated heterocycles. The fourth-order valence-electron chi connectivity index (χ4n) is 3.57. The molecule has 0 bridgehead atoms. The van der Waals surface area contributed by atoms with Crippen LogP contribution >= 0.6 is 11.3 Å². The van der Waals surface area contributed by atoms with E-state index < -0.39 is 0 Å². The molecular formula is C14H21NS. The molecule has 3 unspecified atom stereocenters. The third-order valence-corrected chi connectivity index (χ3v) is 5.61. The first kappa shape index (κ1) is 10.8. The SMILES string of the molecule is Cc1ccsc1CCC1NCC2CCCC21. The highest BCUT2D eigenvalue weighted by molar-refractivity contribution is 7.10. The first-order chi connectivity index (χ1) is 7.84. The highest BCUT2D eigenvalue weighted by Crippen LogP contribution is 2.39. The zero-order valence-corrected chi connectivity index (χ0v) is 10.9. The lowest BCUT2D eigenvalue weighted by molar-refractivity contribution is 0.394. The average Bonchev–Trinajstić information content (AvgIpc) is 2.92. The molecule has 1 nitrogen and oxygen atoms in total. The summed E-state index contributed by atoms with van der Waals surface area (Å²) in [5.74, 6) is 2.01. The maximum atomic E-state index is 3.75. The molecule has 1 saturated carbocycles. The van der Waals surface area contributed by atoms with Crippen LogP contribution in [0.25, 0.3) is 0 Å². The van der Waals surface area contributed by atoms with Gasteiger partial charge in [0.05, 0.1) is 0 Å². The Hall–Kier alpha value is -0.340. The molecule has 2 aliphatic rings. The van der Waals surface area contributed by atoms with E-state index in [1.54, 1.807) is 4.88 Å². The normalized spacial score (nSPS) is 33.2. The number of rotatable bonds is 3. The summed E-state index contributed by atoms with van der Waals surface area (Å²) in [7, 11) is 0. The Morgan fingerprint density at radius 2 is 2.38 bits per heavy atom. The third-order valence-electron chi connectivity index (χ3n) is 4.53. The lowest BCUT2D eigenvalue weighted by atomic mass is 9.91. The maximum Gasteiger partial charge on any atom is 0.0102 e. The molecule has 1 aliphatic heterocycles. The first-order valence-electron chi connectivity index (χ1n) is 6.61. The molecule has 0 radical (unpaired) electrons. The summed E-state index contributed by atoms with van der Waals surface area (Å²) in [5, 5.41) is 5.97. The number of nitrogens with one attached hydrogen (secondary N) is 1. The van der Waals surface area contributed by atoms with Crippen molar-refractivity contribution in [2.24, 2.45) is 11.8 Å². The molecule has 1 N–H and O–H groups in total. The minimum Gasteiger partial charge on any atom is -0.313 e. The molecule has 1 aliphatic carbocycles. The lowest BCUT2D eigenvalue weighted by Crippen LogP contribution is -2.27. The van der Waals surface area contributed by atoms with Crippen molar-refractivity contribution in [1.29, 1.82) is 0 Å². The molecule has 1 aromatic rings. The van der Waals surface area contributed by atoms with Gasteiger partial charge in [0, 0.05) is 10.9 Å². The van der Waals surface area contributed by atoms with Gasteiger partial charge in [-0.3, -0.25) is 0 Å². The van der Waals surface area contributed by atoms with E-state index in [0.717, 1.165) is 17.9 Å². The minimum absolute atomic E-state index is 0.814. The van der Waals surface area contributed by atoms with Crippen LogP contribution in [-0.4, -0.2) is 12.6 Å². The maximum absolute atomic E-state index is 3.75. The Kier molecular flexibility index (Phi) is 3.03. The van der Waals surface area contributed by atoms with Crippen LogP contribution in [0.2, 0.25) is 0 Å². The topological polar surface area (TPSA) is 12.0 Å². The van der Waals surface area contributed by atoms with Crippen molar-refractivity contribution in [1.82, 2.24) is 5.32 Å². The molecule has 2 heteroatoms. The second kappa shape index (κ2) is 4.50. The molecule has 2 fully saturated rings. The highest BCUT2D eigenvalue weighted by atomic mass is 32.1. The van der Waals surface area contributed by atoms with Gasteiger partial charge in [0.15, 0.2) is 0 Å². The van der Waals surface area contributed by atoms with Gasteiger partial charge in [0.1, 0.15) is 0 Å². The zero-order valence-electron chi connectivity index (χ0n) is 10.0. The van der Waals surface area contributed by atoms with Gasteiger partial charge < -0.3 is 5.32 Å². The molecule has 88 valence electrons. The lowest BCUT2D eigenvalue weighted by Gasteiger charge is -2.17. The molecule has 2 heterocycles. The average molecular weight is 235 g/mol. The van der Waals surface area contributed by atoms with Crippen LogP contribution in [0.4, 0.5) is 0 Å². The molecule has 0 amide bonds. The summed E-state index contributed by atoms with van der Waals surface area (Å²) >= 11 is 1.93. The zero-order chi connectivity index (χ0) is 11.0. The number of aryl methyl sites for hydroxylation is 2. The molecule has 1 aromatic heterocycles. The summed E-state index contributed by atoms with van der Waals surface area (Å²) in [6.45, 7) is 3.53. The van der Waals surface area contributed by atoms with E-state index in [1.807, 2.05) is 11.3 Å². The molecular weight excluding hydrogens is 214 g/mol. The summed E-state index contributed by atoms with van der Waals surface area (Å²) in [4.78, 5) is 1.60. The van der Waals surface area contributed by atoms with Crippen LogP contribution in [0, 0.1) is 18.8 Å². The quantitative estimate of drug-likeness (QED) is 0.847. The van der Waals surface area contributed by atoms with Gasteiger partial charge in [0.2, 0.25) is 0 Å². The van der Waals surface area contributed by atoms with Gasteiger partial charge in [-0.15, -0.1) is 11.3 Å². The Balaban J connectivity index is 1.58. The van der Waals surface area contributed by atoms with Crippen molar-refractivity contribution in [3.8, 4) is 0 Å². The van der Waals surface area contributed by atoms with Crippen LogP contribution in [0.1, 0.15) is 36.1 Å². The standard InChI is InChI=1S/C14H21NS/c1-10-7-8-16-14(10)6-5-13-12-4-2-3-11(12)9-15-13/h7-8,11-13,15H,2-6,9H2,1H3. The van der Waals surface area contributed by atoms with Gasteiger partial charge in [0.25, 0.3) is 0 Å². The molecule has 16 heavy (non-hydrogen) atoms. The summed E-state index contributed by atoms with van der Waals surface area (Å²) in [6, 6.07) is 3.06. The van der Waals surface area contributed by atoms with Crippen molar-refractivity contribution >= 4 is 11.3 Å². The second-order valence-corrected chi connectivity index (χ2v) is 6.44. The largest absolute Gasteiger partial charge is 0.313 e. The van der Waals surface area contributed by atoms with E-state index in [9.17, 15) is 0 Å². The van der Waals surface area contributed by atoms with Crippen LogP contribution in [0.3, 0.4) is 0 Å². The molecule has 0 spiro atoms. The predicted octanol–water partition coefficient (Wildman–Crippen LogP) is 3.38. The van der Waals surface area contributed by atoms with E-state index in [2.05, 4.69) is 23.7 Å². The van der Waals surface area contributed by atoms with Crippen LogP contribution < -0.4 is 5.32 Å². The van der Waals surface area contributed by atoms with Gasteiger partial charge in [-0.1, -0.05) is 6.42 Å². The van der Waals surface area contributed by atoms with Crippen molar-refractivity contribution in [2.75, 3.05) is 6.54 Å². The van der Waals surface area contributed by atoms with E-state index in [4.69, 9.17) is 0 Å². The first-order valence-corrected chi connectivity index (χ1v) is 7.49. The molecule has 3 rings (SSSR count). The third kappa shape index (κ3) is 1.93. The fourth-order valence-corrected chi connectivity index (χ4v) is 4.49. The number of thiophene rings is 1. The Bertz CT molecular complexity index is 357. The van der Waals surface area contributed by atoms with Crippen molar-refractivity contribution in [3.63, 3.8) is 0 Å². The summed E-state index contributed by atoms with van der Waals surface area (Å²) < 4.78 is 0. The Morgan fingerprint density at radius 1 is 1.44 bits per heavy atom. The predicted molar refractivity (Wildman–Crippen MR) is 70.0 cm³/mol. The van der Waals surface area contributed by atoms with Gasteiger partial charge in [-0.05, 0) is 68.0 Å². The van der Waals surface area contributed by atoms with Gasteiger partial charge in [-0.2, -0.15) is 0 Å². The van der Waals surface area contributed by atoms with E-state index >= 15 is 0 Å². The Morgan fingerprint density at radius 3 is 3.19 bits per heavy atom. The van der Waals surface area contributed by atoms with Crippen LogP contribution in [0.5, 0.6) is 0 Å². The number of hydrogen-bond acceptors (Lipinski definition) is 2. The summed E-state index contributed by atoms with van der Waals surface area (Å²) in [5.41, 5.74) is 1.49. The van der Waals surface area contributed by atoms with E-state index in [0.29, 0.717) is 0 Å². The highest BCUT2D eigenvalue weighted by Gasteiger charge is 2.38. The van der Waals surface area contributed by atoms with Crippen LogP contribution in [0.15, 0.2) is 11.4 Å². The smallest absolute Gasteiger partial charge is 0.0102 e. The van der Waals surface area contributed by atoms with Crippen molar-refractivity contribution in [2.45, 2.75) is 45.1 Å². The Labute approximate surface area is 102 Å². The second-order valence-electron chi connectivity index (χ2n) is 5.44. The molecule has 3 atom stereocenters. The summed E-state index contributed by atoms with van der Waals surface area (Å²) in [6.07, 6.45) is 7.07. The minimum atomic E-state index is 0.814. The van der Waals surface area contributed by atoms with Crippen molar-refractivity contribution in [3.05, 3.63) is 21.9 Å². The van der Waals surface area contributed by atoms with Crippen molar-refractivity contribution < 1.29 is 0 Å². The number of hydrogen-bond donors (Lipinski definition) is 1. The number of fused-ring (bicyclic) bond motifs is 1. The van der Waals surface area contributed by atoms with E-state index in [1.165, 1.54) is 44.2 Å². The fraction of sp³-hybridized carbons (Fsp3) is 0.714. The monoisotopic (exact) mass is 235 g/mol. The van der Waals surface area contributed by atoms with Crippen LogP contribution in [-0.2, 0) is 6.42 Å². The van der Waals surface area contributed by atoms with E-state index in [-0.39, 0.29) is 0 Å². The van der Waals surface area contributed by atoms with Gasteiger partial charge in [-0.25, -0.2) is 0 Å². The molecule has 0 aromatic carbocycles. The van der Waals surface area contributed by atoms with Gasteiger partial charge >= 0.3 is 0 Å².